The minimum Gasteiger partial charge on any atom is -0.469 e. The second-order valence-corrected chi connectivity index (χ2v) is 2.57. The molecule has 1 aromatic rings. The van der Waals surface area contributed by atoms with Crippen molar-refractivity contribution in [1.29, 1.82) is 0 Å². The number of Topliss-reactive ketones (excluding diaryl/α,β-unsaturated/α-hetero) is 1. The molecule has 0 amide bonds. The molecule has 0 unspecified atom stereocenters. The van der Waals surface area contributed by atoms with Crippen LogP contribution in [0.1, 0.15) is 29.0 Å². The van der Waals surface area contributed by atoms with Gasteiger partial charge in [0.15, 0.2) is 5.78 Å². The van der Waals surface area contributed by atoms with Crippen LogP contribution in [0.2, 0.25) is 0 Å². The molecule has 0 saturated heterocycles. The fourth-order valence-electron chi connectivity index (χ4n) is 0.920. The maximum atomic E-state index is 11.3. The number of carbonyl (C=O) groups is 1. The van der Waals surface area contributed by atoms with E-state index in [9.17, 15) is 4.79 Å². The fraction of sp³-hybridized carbons (Fsp3) is 0.300. The lowest BCUT2D eigenvalue weighted by Gasteiger charge is -1.90. The molecule has 0 radical (unpaired) electrons. The number of aryl methyl sites for hydroxylation is 1. The Morgan fingerprint density at radius 1 is 1.75 bits per heavy atom. The maximum Gasteiger partial charge on any atom is 0.167 e. The lowest BCUT2D eigenvalue weighted by molar-refractivity contribution is 0.0983. The SMILES string of the molecule is C#CCCC(=O)c1coc(C)c1. The smallest absolute Gasteiger partial charge is 0.167 e. The lowest BCUT2D eigenvalue weighted by atomic mass is 10.1. The zero-order valence-electron chi connectivity index (χ0n) is 6.96. The summed E-state index contributed by atoms with van der Waals surface area (Å²) in [5, 5.41) is 0. The number of terminal acetylenes is 1. The van der Waals surface area contributed by atoms with Gasteiger partial charge in [0.05, 0.1) is 5.56 Å². The van der Waals surface area contributed by atoms with Crippen molar-refractivity contribution >= 4 is 5.78 Å². The van der Waals surface area contributed by atoms with Crippen molar-refractivity contribution in [3.63, 3.8) is 0 Å². The van der Waals surface area contributed by atoms with Gasteiger partial charge in [-0.1, -0.05) is 0 Å². The molecule has 0 aliphatic heterocycles. The summed E-state index contributed by atoms with van der Waals surface area (Å²) in [6.07, 6.45) is 7.39. The van der Waals surface area contributed by atoms with E-state index in [0.29, 0.717) is 18.4 Å². The van der Waals surface area contributed by atoms with E-state index in [1.165, 1.54) is 6.26 Å². The summed E-state index contributed by atoms with van der Waals surface area (Å²) in [5.41, 5.74) is 0.614. The van der Waals surface area contributed by atoms with Crippen LogP contribution in [0.5, 0.6) is 0 Å². The molecule has 62 valence electrons. The molecule has 0 atom stereocenters. The number of hydrogen-bond donors (Lipinski definition) is 0. The molecular weight excluding hydrogens is 152 g/mol. The first kappa shape index (κ1) is 8.61. The van der Waals surface area contributed by atoms with Gasteiger partial charge in [-0.3, -0.25) is 4.79 Å². The van der Waals surface area contributed by atoms with Crippen LogP contribution < -0.4 is 0 Å². The minimum atomic E-state index is 0.0461. The molecule has 0 aliphatic rings. The first-order chi connectivity index (χ1) is 5.74. The van der Waals surface area contributed by atoms with Crippen molar-refractivity contribution < 1.29 is 9.21 Å². The van der Waals surface area contributed by atoms with Gasteiger partial charge in [0.2, 0.25) is 0 Å². The molecule has 12 heavy (non-hydrogen) atoms. The van der Waals surface area contributed by atoms with Crippen molar-refractivity contribution in [3.05, 3.63) is 23.7 Å². The maximum absolute atomic E-state index is 11.3. The minimum absolute atomic E-state index is 0.0461. The van der Waals surface area contributed by atoms with Gasteiger partial charge >= 0.3 is 0 Å². The second kappa shape index (κ2) is 3.77. The van der Waals surface area contributed by atoms with Crippen LogP contribution in [0.15, 0.2) is 16.7 Å². The van der Waals surface area contributed by atoms with Crippen LogP contribution in [0.25, 0.3) is 0 Å². The van der Waals surface area contributed by atoms with Crippen LogP contribution in [0.4, 0.5) is 0 Å². The quantitative estimate of drug-likeness (QED) is 0.503. The van der Waals surface area contributed by atoms with Gasteiger partial charge in [-0.15, -0.1) is 12.3 Å². The molecule has 0 N–H and O–H groups in total. The third-order valence-corrected chi connectivity index (χ3v) is 1.55. The molecule has 1 aromatic heterocycles. The van der Waals surface area contributed by atoms with Crippen LogP contribution >= 0.6 is 0 Å². The summed E-state index contributed by atoms with van der Waals surface area (Å²) < 4.78 is 4.99. The second-order valence-electron chi connectivity index (χ2n) is 2.57. The highest BCUT2D eigenvalue weighted by Crippen LogP contribution is 2.09. The van der Waals surface area contributed by atoms with E-state index in [0.717, 1.165) is 5.76 Å². The first-order valence-corrected chi connectivity index (χ1v) is 3.76. The van der Waals surface area contributed by atoms with Crippen molar-refractivity contribution in [2.45, 2.75) is 19.8 Å². The van der Waals surface area contributed by atoms with E-state index >= 15 is 0 Å². The standard InChI is InChI=1S/C10H10O2/c1-3-4-5-10(11)9-6-8(2)12-7-9/h1,6-7H,4-5H2,2H3. The Hall–Kier alpha value is -1.49. The molecule has 0 saturated carbocycles. The third-order valence-electron chi connectivity index (χ3n) is 1.55. The van der Waals surface area contributed by atoms with Gasteiger partial charge in [-0.05, 0) is 13.0 Å². The Balaban J connectivity index is 2.61. The van der Waals surface area contributed by atoms with E-state index in [-0.39, 0.29) is 5.78 Å². The van der Waals surface area contributed by atoms with Crippen molar-refractivity contribution in [2.24, 2.45) is 0 Å². The average Bonchev–Trinajstić information content (AvgIpc) is 2.47. The lowest BCUT2D eigenvalue weighted by Crippen LogP contribution is -1.95. The highest BCUT2D eigenvalue weighted by atomic mass is 16.3. The Morgan fingerprint density at radius 3 is 3.00 bits per heavy atom. The van der Waals surface area contributed by atoms with Gasteiger partial charge in [0.25, 0.3) is 0 Å². The zero-order chi connectivity index (χ0) is 8.97. The van der Waals surface area contributed by atoms with Gasteiger partial charge in [0.1, 0.15) is 12.0 Å². The number of hydrogen-bond acceptors (Lipinski definition) is 2. The molecule has 0 aromatic carbocycles. The van der Waals surface area contributed by atoms with Crippen LogP contribution in [-0.4, -0.2) is 5.78 Å². The van der Waals surface area contributed by atoms with E-state index in [1.54, 1.807) is 13.0 Å². The molecule has 0 aliphatic carbocycles. The molecule has 1 heterocycles. The molecule has 0 bridgehead atoms. The first-order valence-electron chi connectivity index (χ1n) is 3.76. The number of ketones is 1. The highest BCUT2D eigenvalue weighted by molar-refractivity contribution is 5.95. The van der Waals surface area contributed by atoms with E-state index in [1.807, 2.05) is 0 Å². The summed E-state index contributed by atoms with van der Waals surface area (Å²) in [5.74, 6) is 3.22. The largest absolute Gasteiger partial charge is 0.469 e. The number of rotatable bonds is 3. The summed E-state index contributed by atoms with van der Waals surface area (Å²) in [6, 6.07) is 1.72. The van der Waals surface area contributed by atoms with Crippen molar-refractivity contribution in [2.75, 3.05) is 0 Å². The van der Waals surface area contributed by atoms with Gasteiger partial charge in [-0.25, -0.2) is 0 Å². The number of furan rings is 1. The zero-order valence-corrected chi connectivity index (χ0v) is 6.96. The third kappa shape index (κ3) is 2.00. The summed E-state index contributed by atoms with van der Waals surface area (Å²) in [4.78, 5) is 11.3. The Bertz CT molecular complexity index is 315. The normalized spacial score (nSPS) is 9.33. The predicted octanol–water partition coefficient (Wildman–Crippen LogP) is 2.18. The van der Waals surface area contributed by atoms with Crippen LogP contribution in [-0.2, 0) is 0 Å². The summed E-state index contributed by atoms with van der Waals surface area (Å²) in [6.45, 7) is 1.80. The fourth-order valence-corrected chi connectivity index (χ4v) is 0.920. The molecule has 0 fully saturated rings. The highest BCUT2D eigenvalue weighted by Gasteiger charge is 2.06. The Morgan fingerprint density at radius 2 is 2.50 bits per heavy atom. The van der Waals surface area contributed by atoms with Crippen LogP contribution in [0.3, 0.4) is 0 Å². The van der Waals surface area contributed by atoms with Gasteiger partial charge in [-0.2, -0.15) is 0 Å². The Kier molecular flexibility index (Phi) is 2.71. The summed E-state index contributed by atoms with van der Waals surface area (Å²) in [7, 11) is 0. The molecule has 2 heteroatoms. The molecule has 2 nitrogen and oxygen atoms in total. The number of carbonyl (C=O) groups excluding carboxylic acids is 1. The topological polar surface area (TPSA) is 30.2 Å². The molecule has 0 spiro atoms. The molecule has 1 rings (SSSR count). The van der Waals surface area contributed by atoms with E-state index in [2.05, 4.69) is 5.92 Å². The predicted molar refractivity (Wildman–Crippen MR) is 45.8 cm³/mol. The monoisotopic (exact) mass is 162 g/mol. The van der Waals surface area contributed by atoms with Gasteiger partial charge < -0.3 is 4.42 Å². The van der Waals surface area contributed by atoms with E-state index in [4.69, 9.17) is 10.8 Å². The van der Waals surface area contributed by atoms with Crippen molar-refractivity contribution in [1.82, 2.24) is 0 Å². The molecular formula is C10H10O2. The van der Waals surface area contributed by atoms with Crippen molar-refractivity contribution in [3.8, 4) is 12.3 Å². The summed E-state index contributed by atoms with van der Waals surface area (Å²) >= 11 is 0. The van der Waals surface area contributed by atoms with Crippen LogP contribution in [0, 0.1) is 19.3 Å². The average molecular weight is 162 g/mol. The Labute approximate surface area is 71.6 Å². The van der Waals surface area contributed by atoms with Gasteiger partial charge in [0, 0.05) is 12.8 Å². The van der Waals surface area contributed by atoms with E-state index < -0.39 is 0 Å².